The van der Waals surface area contributed by atoms with Crippen molar-refractivity contribution in [3.05, 3.63) is 52.8 Å². The van der Waals surface area contributed by atoms with E-state index in [4.69, 9.17) is 4.42 Å². The van der Waals surface area contributed by atoms with Gasteiger partial charge in [0.1, 0.15) is 6.26 Å². The van der Waals surface area contributed by atoms with Gasteiger partial charge in [0.2, 0.25) is 5.89 Å². The Hall–Kier alpha value is -1.65. The van der Waals surface area contributed by atoms with E-state index >= 15 is 0 Å². The number of hydrogen-bond acceptors (Lipinski definition) is 3. The number of halogens is 1. The Morgan fingerprint density at radius 2 is 1.95 bits per heavy atom. The van der Waals surface area contributed by atoms with Gasteiger partial charge in [-0.1, -0.05) is 35.0 Å². The molecule has 0 aliphatic carbocycles. The average Bonchev–Trinajstić information content (AvgIpc) is 2.93. The zero-order chi connectivity index (χ0) is 13.9. The van der Waals surface area contributed by atoms with Gasteiger partial charge in [0, 0.05) is 16.6 Å². The molecule has 0 amide bonds. The molecule has 3 aromatic rings. The zero-order valence-corrected chi connectivity index (χ0v) is 12.8. The lowest BCUT2D eigenvalue weighted by molar-refractivity contribution is 0.571. The summed E-state index contributed by atoms with van der Waals surface area (Å²) < 4.78 is 6.65. The van der Waals surface area contributed by atoms with Gasteiger partial charge >= 0.3 is 0 Å². The third-order valence-electron chi connectivity index (χ3n) is 3.16. The molecule has 0 bridgehead atoms. The molecule has 0 aliphatic heterocycles. The first-order chi connectivity index (χ1) is 9.76. The van der Waals surface area contributed by atoms with Gasteiger partial charge in [0.05, 0.1) is 5.69 Å². The molecule has 0 fully saturated rings. The number of fused-ring (bicyclic) bond motifs is 1. The quantitative estimate of drug-likeness (QED) is 0.772. The second-order valence-electron chi connectivity index (χ2n) is 4.63. The molecule has 1 N–H and O–H groups in total. The first kappa shape index (κ1) is 13.3. The summed E-state index contributed by atoms with van der Waals surface area (Å²) in [6.07, 6.45) is 1.71. The van der Waals surface area contributed by atoms with Gasteiger partial charge in [-0.3, -0.25) is 0 Å². The van der Waals surface area contributed by atoms with Crippen molar-refractivity contribution in [2.24, 2.45) is 0 Å². The smallest absolute Gasteiger partial charge is 0.226 e. The van der Waals surface area contributed by atoms with Crippen LogP contribution in [0.1, 0.15) is 12.6 Å². The van der Waals surface area contributed by atoms with Crippen LogP contribution in [0.2, 0.25) is 0 Å². The van der Waals surface area contributed by atoms with Crippen molar-refractivity contribution < 1.29 is 4.42 Å². The van der Waals surface area contributed by atoms with Crippen molar-refractivity contribution in [1.82, 2.24) is 10.3 Å². The Balaban J connectivity index is 1.93. The van der Waals surface area contributed by atoms with Crippen LogP contribution < -0.4 is 5.32 Å². The third-order valence-corrected chi connectivity index (χ3v) is 3.65. The molecule has 0 atom stereocenters. The minimum Gasteiger partial charge on any atom is -0.444 e. The Morgan fingerprint density at radius 3 is 2.80 bits per heavy atom. The van der Waals surface area contributed by atoms with E-state index in [2.05, 4.69) is 57.4 Å². The SMILES string of the molecule is CCNCc1coc(-c2ccc3cc(Br)ccc3c2)n1. The van der Waals surface area contributed by atoms with Crippen LogP contribution in [-0.2, 0) is 6.54 Å². The summed E-state index contributed by atoms with van der Waals surface area (Å²) in [7, 11) is 0. The van der Waals surface area contributed by atoms with Gasteiger partial charge in [0.15, 0.2) is 0 Å². The highest BCUT2D eigenvalue weighted by Crippen LogP contribution is 2.26. The number of benzene rings is 2. The molecule has 0 aliphatic rings. The predicted molar refractivity (Wildman–Crippen MR) is 84.5 cm³/mol. The molecular formula is C16H15BrN2O. The lowest BCUT2D eigenvalue weighted by atomic mass is 10.1. The van der Waals surface area contributed by atoms with Crippen molar-refractivity contribution in [2.75, 3.05) is 6.54 Å². The van der Waals surface area contributed by atoms with E-state index in [0.717, 1.165) is 28.8 Å². The van der Waals surface area contributed by atoms with E-state index in [-0.39, 0.29) is 0 Å². The van der Waals surface area contributed by atoms with Crippen molar-refractivity contribution >= 4 is 26.7 Å². The lowest BCUT2D eigenvalue weighted by Crippen LogP contribution is -2.11. The summed E-state index contributed by atoms with van der Waals surface area (Å²) >= 11 is 3.49. The van der Waals surface area contributed by atoms with Gasteiger partial charge < -0.3 is 9.73 Å². The number of aromatic nitrogens is 1. The van der Waals surface area contributed by atoms with Crippen LogP contribution in [0.3, 0.4) is 0 Å². The molecule has 2 aromatic carbocycles. The first-order valence-electron chi connectivity index (χ1n) is 6.61. The molecule has 0 spiro atoms. The number of hydrogen-bond donors (Lipinski definition) is 1. The highest BCUT2D eigenvalue weighted by Gasteiger charge is 2.07. The monoisotopic (exact) mass is 330 g/mol. The van der Waals surface area contributed by atoms with Crippen molar-refractivity contribution in [3.8, 4) is 11.5 Å². The van der Waals surface area contributed by atoms with Gasteiger partial charge in [-0.25, -0.2) is 4.98 Å². The molecule has 3 rings (SSSR count). The number of nitrogens with zero attached hydrogens (tertiary/aromatic N) is 1. The summed E-state index contributed by atoms with van der Waals surface area (Å²) in [5.41, 5.74) is 1.93. The van der Waals surface area contributed by atoms with Gasteiger partial charge in [-0.2, -0.15) is 0 Å². The molecule has 102 valence electrons. The maximum atomic E-state index is 5.56. The van der Waals surface area contributed by atoms with Gasteiger partial charge in [-0.15, -0.1) is 0 Å². The van der Waals surface area contributed by atoms with Gasteiger partial charge in [0.25, 0.3) is 0 Å². The summed E-state index contributed by atoms with van der Waals surface area (Å²) in [6, 6.07) is 12.5. The maximum Gasteiger partial charge on any atom is 0.226 e. The fourth-order valence-corrected chi connectivity index (χ4v) is 2.50. The van der Waals surface area contributed by atoms with Crippen LogP contribution in [0.15, 0.2) is 51.6 Å². The van der Waals surface area contributed by atoms with Crippen LogP contribution in [-0.4, -0.2) is 11.5 Å². The van der Waals surface area contributed by atoms with Gasteiger partial charge in [-0.05, 0) is 41.6 Å². The van der Waals surface area contributed by atoms with Crippen LogP contribution >= 0.6 is 15.9 Å². The highest BCUT2D eigenvalue weighted by atomic mass is 79.9. The van der Waals surface area contributed by atoms with E-state index < -0.39 is 0 Å². The molecular weight excluding hydrogens is 316 g/mol. The molecule has 0 saturated heterocycles. The second-order valence-corrected chi connectivity index (χ2v) is 5.55. The number of oxazole rings is 1. The molecule has 0 radical (unpaired) electrons. The van der Waals surface area contributed by atoms with Crippen LogP contribution in [0, 0.1) is 0 Å². The van der Waals surface area contributed by atoms with E-state index in [1.807, 2.05) is 12.1 Å². The van der Waals surface area contributed by atoms with E-state index in [0.29, 0.717) is 5.89 Å². The zero-order valence-electron chi connectivity index (χ0n) is 11.2. The molecule has 1 heterocycles. The van der Waals surface area contributed by atoms with Crippen LogP contribution in [0.5, 0.6) is 0 Å². The Morgan fingerprint density at radius 1 is 1.15 bits per heavy atom. The predicted octanol–water partition coefficient (Wildman–Crippen LogP) is 4.37. The number of rotatable bonds is 4. The second kappa shape index (κ2) is 5.77. The first-order valence-corrected chi connectivity index (χ1v) is 7.40. The molecule has 1 aromatic heterocycles. The molecule has 0 unspecified atom stereocenters. The molecule has 20 heavy (non-hydrogen) atoms. The molecule has 0 saturated carbocycles. The minimum atomic E-state index is 0.669. The summed E-state index contributed by atoms with van der Waals surface area (Å²) in [6.45, 7) is 3.73. The third kappa shape index (κ3) is 2.76. The summed E-state index contributed by atoms with van der Waals surface area (Å²) in [5.74, 6) is 0.669. The highest BCUT2D eigenvalue weighted by molar-refractivity contribution is 9.10. The fraction of sp³-hybridized carbons (Fsp3) is 0.188. The topological polar surface area (TPSA) is 38.1 Å². The number of nitrogens with one attached hydrogen (secondary N) is 1. The molecule has 3 nitrogen and oxygen atoms in total. The fourth-order valence-electron chi connectivity index (χ4n) is 2.12. The van der Waals surface area contributed by atoms with E-state index in [1.165, 1.54) is 10.8 Å². The van der Waals surface area contributed by atoms with Crippen LogP contribution in [0.25, 0.3) is 22.2 Å². The van der Waals surface area contributed by atoms with E-state index in [9.17, 15) is 0 Å². The Labute approximate surface area is 126 Å². The van der Waals surface area contributed by atoms with Crippen LogP contribution in [0.4, 0.5) is 0 Å². The minimum absolute atomic E-state index is 0.669. The van der Waals surface area contributed by atoms with Crippen molar-refractivity contribution in [1.29, 1.82) is 0 Å². The summed E-state index contributed by atoms with van der Waals surface area (Å²) in [4.78, 5) is 4.50. The largest absolute Gasteiger partial charge is 0.444 e. The Bertz CT molecular complexity index is 736. The van der Waals surface area contributed by atoms with E-state index in [1.54, 1.807) is 6.26 Å². The standard InChI is InChI=1S/C16H15BrN2O/c1-2-18-9-15-10-20-16(19-15)13-4-3-12-8-14(17)6-5-11(12)7-13/h3-8,10,18H,2,9H2,1H3. The summed E-state index contributed by atoms with van der Waals surface area (Å²) in [5, 5.41) is 5.61. The van der Waals surface area contributed by atoms with Crippen molar-refractivity contribution in [3.63, 3.8) is 0 Å². The molecule has 4 heteroatoms. The lowest BCUT2D eigenvalue weighted by Gasteiger charge is -2.01. The van der Waals surface area contributed by atoms with Crippen molar-refractivity contribution in [2.45, 2.75) is 13.5 Å². The Kier molecular flexibility index (Phi) is 3.85. The normalized spacial score (nSPS) is 11.1. The average molecular weight is 331 g/mol. The maximum absolute atomic E-state index is 5.56.